The molecule has 1 aromatic carbocycles. The van der Waals surface area contributed by atoms with Crippen molar-refractivity contribution in [1.29, 1.82) is 0 Å². The van der Waals surface area contributed by atoms with E-state index >= 15 is 0 Å². The Morgan fingerprint density at radius 2 is 2.11 bits per heavy atom. The molecule has 0 radical (unpaired) electrons. The molecule has 0 amide bonds. The van der Waals surface area contributed by atoms with Crippen LogP contribution >= 0.6 is 11.8 Å². The third kappa shape index (κ3) is 2.54. The molecule has 3 heteroatoms. The highest BCUT2D eigenvalue weighted by Crippen LogP contribution is 2.34. The standard InChI is InChI=1S/C16H22N2S/c1-17(2)9-5-10-18-15-7-4-3-6-13(15)14-12-19-11-8-16(14)18/h3-4,6-7H,5,8-12H2,1-2H3. The summed E-state index contributed by atoms with van der Waals surface area (Å²) in [6, 6.07) is 8.92. The van der Waals surface area contributed by atoms with E-state index in [0.717, 1.165) is 13.1 Å². The molecule has 0 unspecified atom stereocenters. The Morgan fingerprint density at radius 1 is 1.26 bits per heavy atom. The quantitative estimate of drug-likeness (QED) is 0.844. The molecule has 102 valence electrons. The van der Waals surface area contributed by atoms with E-state index in [1.54, 1.807) is 11.3 Å². The van der Waals surface area contributed by atoms with Gasteiger partial charge >= 0.3 is 0 Å². The van der Waals surface area contributed by atoms with Crippen LogP contribution in [0.5, 0.6) is 0 Å². The van der Waals surface area contributed by atoms with Gasteiger partial charge in [-0.1, -0.05) is 18.2 Å². The molecule has 19 heavy (non-hydrogen) atoms. The fraction of sp³-hybridized carbons (Fsp3) is 0.500. The van der Waals surface area contributed by atoms with E-state index in [-0.39, 0.29) is 0 Å². The Hall–Kier alpha value is -0.930. The molecule has 2 heterocycles. The summed E-state index contributed by atoms with van der Waals surface area (Å²) in [7, 11) is 4.31. The minimum Gasteiger partial charge on any atom is -0.344 e. The van der Waals surface area contributed by atoms with Gasteiger partial charge in [-0.3, -0.25) is 0 Å². The van der Waals surface area contributed by atoms with Gasteiger partial charge in [0.25, 0.3) is 0 Å². The predicted octanol–water partition coefficient (Wildman–Crippen LogP) is 3.38. The molecule has 1 aliphatic rings. The van der Waals surface area contributed by atoms with Gasteiger partial charge in [0, 0.05) is 28.9 Å². The lowest BCUT2D eigenvalue weighted by Gasteiger charge is -2.17. The largest absolute Gasteiger partial charge is 0.344 e. The van der Waals surface area contributed by atoms with Crippen molar-refractivity contribution in [3.05, 3.63) is 35.5 Å². The van der Waals surface area contributed by atoms with Gasteiger partial charge in [0.05, 0.1) is 0 Å². The third-order valence-corrected chi connectivity index (χ3v) is 4.90. The highest BCUT2D eigenvalue weighted by atomic mass is 32.2. The van der Waals surface area contributed by atoms with E-state index in [1.165, 1.54) is 35.3 Å². The summed E-state index contributed by atoms with van der Waals surface area (Å²) in [5.74, 6) is 2.47. The maximum absolute atomic E-state index is 2.58. The molecule has 1 aliphatic heterocycles. The Bertz CT molecular complexity index is 571. The number of fused-ring (bicyclic) bond motifs is 3. The van der Waals surface area contributed by atoms with Crippen molar-refractivity contribution < 1.29 is 0 Å². The number of hydrogen-bond acceptors (Lipinski definition) is 2. The van der Waals surface area contributed by atoms with Crippen LogP contribution in [-0.4, -0.2) is 35.9 Å². The maximum atomic E-state index is 2.58. The summed E-state index contributed by atoms with van der Waals surface area (Å²) in [6.07, 6.45) is 2.46. The van der Waals surface area contributed by atoms with Gasteiger partial charge in [-0.05, 0) is 50.9 Å². The van der Waals surface area contributed by atoms with Gasteiger partial charge in [0.1, 0.15) is 0 Å². The second-order valence-corrected chi connectivity index (χ2v) is 6.66. The number of thioether (sulfide) groups is 1. The number of para-hydroxylation sites is 1. The summed E-state index contributed by atoms with van der Waals surface area (Å²) in [5.41, 5.74) is 4.63. The number of aromatic nitrogens is 1. The van der Waals surface area contributed by atoms with Gasteiger partial charge in [-0.25, -0.2) is 0 Å². The van der Waals surface area contributed by atoms with E-state index in [9.17, 15) is 0 Å². The maximum Gasteiger partial charge on any atom is 0.0485 e. The lowest BCUT2D eigenvalue weighted by Crippen LogP contribution is -2.16. The molecule has 0 saturated carbocycles. The average molecular weight is 274 g/mol. The van der Waals surface area contributed by atoms with Crippen LogP contribution in [0.15, 0.2) is 24.3 Å². The van der Waals surface area contributed by atoms with Gasteiger partial charge in [-0.2, -0.15) is 11.8 Å². The highest BCUT2D eigenvalue weighted by molar-refractivity contribution is 7.98. The molecule has 2 nitrogen and oxygen atoms in total. The molecule has 0 bridgehead atoms. The van der Waals surface area contributed by atoms with E-state index in [1.807, 2.05) is 0 Å². The van der Waals surface area contributed by atoms with Gasteiger partial charge in [0.15, 0.2) is 0 Å². The number of nitrogens with zero attached hydrogens (tertiary/aromatic N) is 2. The molecule has 2 aromatic rings. The van der Waals surface area contributed by atoms with Crippen molar-refractivity contribution in [3.8, 4) is 0 Å². The topological polar surface area (TPSA) is 8.17 Å². The van der Waals surface area contributed by atoms with Crippen molar-refractivity contribution in [3.63, 3.8) is 0 Å². The molecule has 0 aliphatic carbocycles. The highest BCUT2D eigenvalue weighted by Gasteiger charge is 2.19. The molecule has 0 spiro atoms. The van der Waals surface area contributed by atoms with E-state index in [0.29, 0.717) is 0 Å². The van der Waals surface area contributed by atoms with E-state index in [4.69, 9.17) is 0 Å². The smallest absolute Gasteiger partial charge is 0.0485 e. The summed E-state index contributed by atoms with van der Waals surface area (Å²) in [6.45, 7) is 2.31. The van der Waals surface area contributed by atoms with Crippen molar-refractivity contribution in [1.82, 2.24) is 9.47 Å². The number of hydrogen-bond donors (Lipinski definition) is 0. The third-order valence-electron chi connectivity index (χ3n) is 3.91. The fourth-order valence-electron chi connectivity index (χ4n) is 3.02. The van der Waals surface area contributed by atoms with Crippen LogP contribution in [0.25, 0.3) is 10.9 Å². The molecule has 0 saturated heterocycles. The second-order valence-electron chi connectivity index (χ2n) is 5.55. The van der Waals surface area contributed by atoms with Crippen LogP contribution in [0.4, 0.5) is 0 Å². The Morgan fingerprint density at radius 3 is 2.95 bits per heavy atom. The predicted molar refractivity (Wildman–Crippen MR) is 85.0 cm³/mol. The first-order valence-electron chi connectivity index (χ1n) is 7.09. The molecular weight excluding hydrogens is 252 g/mol. The number of benzene rings is 1. The number of rotatable bonds is 4. The minimum absolute atomic E-state index is 1.15. The lowest BCUT2D eigenvalue weighted by atomic mass is 10.1. The average Bonchev–Trinajstić information content (AvgIpc) is 2.74. The first-order valence-corrected chi connectivity index (χ1v) is 8.24. The molecule has 0 N–H and O–H groups in total. The van der Waals surface area contributed by atoms with Crippen LogP contribution in [0.3, 0.4) is 0 Å². The van der Waals surface area contributed by atoms with E-state index in [2.05, 4.69) is 59.6 Å². The Labute approximate surface area is 119 Å². The van der Waals surface area contributed by atoms with Crippen LogP contribution in [0, 0.1) is 0 Å². The lowest BCUT2D eigenvalue weighted by molar-refractivity contribution is 0.386. The summed E-state index contributed by atoms with van der Waals surface area (Å²) < 4.78 is 2.58. The Kier molecular flexibility index (Phi) is 3.85. The zero-order chi connectivity index (χ0) is 13.2. The SMILES string of the molecule is CN(C)CCCn1c2c(c3ccccc31)CSCC2. The van der Waals surface area contributed by atoms with Crippen molar-refractivity contribution >= 4 is 22.7 Å². The molecular formula is C16H22N2S. The second kappa shape index (κ2) is 5.59. The minimum atomic E-state index is 1.15. The Balaban J connectivity index is 1.97. The molecule has 0 fully saturated rings. The first-order chi connectivity index (χ1) is 9.27. The summed E-state index contributed by atoms with van der Waals surface area (Å²) in [5, 5.41) is 1.48. The van der Waals surface area contributed by atoms with E-state index < -0.39 is 0 Å². The fourth-order valence-corrected chi connectivity index (χ4v) is 4.03. The number of aryl methyl sites for hydroxylation is 1. The molecule has 1 aromatic heterocycles. The first kappa shape index (κ1) is 13.1. The summed E-state index contributed by atoms with van der Waals surface area (Å²) in [4.78, 5) is 2.27. The van der Waals surface area contributed by atoms with Crippen LogP contribution in [0.2, 0.25) is 0 Å². The van der Waals surface area contributed by atoms with Crippen molar-refractivity contribution in [2.75, 3.05) is 26.4 Å². The van der Waals surface area contributed by atoms with Gasteiger partial charge < -0.3 is 9.47 Å². The molecule has 0 atom stereocenters. The zero-order valence-electron chi connectivity index (χ0n) is 11.9. The van der Waals surface area contributed by atoms with Crippen LogP contribution in [0.1, 0.15) is 17.7 Å². The normalized spacial score (nSPS) is 15.1. The van der Waals surface area contributed by atoms with Crippen LogP contribution < -0.4 is 0 Å². The van der Waals surface area contributed by atoms with Crippen LogP contribution in [-0.2, 0) is 18.7 Å². The zero-order valence-corrected chi connectivity index (χ0v) is 12.7. The molecule has 3 rings (SSSR count). The monoisotopic (exact) mass is 274 g/mol. The summed E-state index contributed by atoms with van der Waals surface area (Å²) >= 11 is 2.07. The van der Waals surface area contributed by atoms with Gasteiger partial charge in [0.2, 0.25) is 0 Å². The van der Waals surface area contributed by atoms with Gasteiger partial charge in [-0.15, -0.1) is 0 Å². The van der Waals surface area contributed by atoms with Crippen molar-refractivity contribution in [2.45, 2.75) is 25.1 Å². The van der Waals surface area contributed by atoms with Crippen molar-refractivity contribution in [2.24, 2.45) is 0 Å².